The van der Waals surface area contributed by atoms with Gasteiger partial charge in [-0.25, -0.2) is 26.3 Å². The van der Waals surface area contributed by atoms with E-state index in [1.54, 1.807) is 0 Å². The summed E-state index contributed by atoms with van der Waals surface area (Å²) in [6.45, 7) is 1.49. The van der Waals surface area contributed by atoms with Crippen molar-refractivity contribution in [2.45, 2.75) is 17.9 Å². The van der Waals surface area contributed by atoms with E-state index < -0.39 is 50.0 Å². The van der Waals surface area contributed by atoms with E-state index >= 15 is 0 Å². The predicted octanol–water partition coefficient (Wildman–Crippen LogP) is 1.32. The third-order valence-electron chi connectivity index (χ3n) is 3.48. The number of hydrogen-bond donors (Lipinski definition) is 3. The van der Waals surface area contributed by atoms with Crippen LogP contribution in [0.2, 0.25) is 0 Å². The minimum absolute atomic E-state index is 0.00282. The smallest absolute Gasteiger partial charge is 0.275 e. The van der Waals surface area contributed by atoms with Crippen LogP contribution in [0.1, 0.15) is 17.4 Å². The number of nitrogens with two attached hydrogens (primary N) is 1. The van der Waals surface area contributed by atoms with Gasteiger partial charge in [-0.3, -0.25) is 4.79 Å². The molecular formula is C15H17F3N4O3S. The van der Waals surface area contributed by atoms with Gasteiger partial charge in [0.1, 0.15) is 10.6 Å². The maximum absolute atomic E-state index is 14.6. The highest BCUT2D eigenvalue weighted by Gasteiger charge is 2.29. The highest BCUT2D eigenvalue weighted by Crippen LogP contribution is 2.22. The largest absolute Gasteiger partial charge is 0.343 e. The molecule has 4 N–H and O–H groups in total. The Morgan fingerprint density at radius 1 is 1.27 bits per heavy atom. The Morgan fingerprint density at radius 2 is 1.92 bits per heavy atom. The number of hydrogen-bond acceptors (Lipinski definition) is 4. The molecule has 0 saturated carbocycles. The summed E-state index contributed by atoms with van der Waals surface area (Å²) >= 11 is 0. The number of carbonyl (C=O) groups is 1. The molecule has 0 aliphatic carbocycles. The van der Waals surface area contributed by atoms with Crippen LogP contribution in [-0.4, -0.2) is 31.5 Å². The monoisotopic (exact) mass is 390 g/mol. The summed E-state index contributed by atoms with van der Waals surface area (Å²) in [5.41, 5.74) is 4.64. The number of halogens is 3. The fourth-order valence-corrected chi connectivity index (χ4v) is 3.54. The first kappa shape index (κ1) is 19.9. The van der Waals surface area contributed by atoms with E-state index in [9.17, 15) is 26.4 Å². The maximum Gasteiger partial charge on any atom is 0.275 e. The van der Waals surface area contributed by atoms with Crippen LogP contribution < -0.4 is 15.8 Å². The van der Waals surface area contributed by atoms with Crippen molar-refractivity contribution in [1.82, 2.24) is 9.29 Å². The van der Waals surface area contributed by atoms with Gasteiger partial charge in [-0.1, -0.05) is 0 Å². The zero-order chi connectivity index (χ0) is 19.6. The number of nitrogens with zero attached hydrogens (tertiary/aromatic N) is 1. The highest BCUT2D eigenvalue weighted by atomic mass is 32.2. The molecule has 2 aromatic rings. The number of aryl methyl sites for hydroxylation is 1. The molecule has 0 aliphatic heterocycles. The van der Waals surface area contributed by atoms with Crippen molar-refractivity contribution < 1.29 is 26.4 Å². The number of nitrogens with one attached hydrogen (secondary N) is 2. The molecule has 2 rings (SSSR count). The van der Waals surface area contributed by atoms with E-state index in [1.165, 1.54) is 14.0 Å². The van der Waals surface area contributed by atoms with Crippen molar-refractivity contribution in [3.05, 3.63) is 47.5 Å². The second-order valence-electron chi connectivity index (χ2n) is 5.61. The molecule has 1 atom stereocenters. The van der Waals surface area contributed by atoms with Gasteiger partial charge in [-0.15, -0.1) is 0 Å². The average molecular weight is 390 g/mol. The zero-order valence-corrected chi connectivity index (χ0v) is 14.7. The Balaban J connectivity index is 2.34. The SMILES string of the molecule is CC(CN)NS(=O)(=O)c1cn(C)c(C(=O)Nc2ccc(F)c(F)c2)c1F. The van der Waals surface area contributed by atoms with Crippen LogP contribution in [0.25, 0.3) is 0 Å². The van der Waals surface area contributed by atoms with E-state index in [-0.39, 0.29) is 12.2 Å². The van der Waals surface area contributed by atoms with Gasteiger partial charge in [-0.05, 0) is 19.1 Å². The van der Waals surface area contributed by atoms with Crippen LogP contribution >= 0.6 is 0 Å². The Morgan fingerprint density at radius 3 is 2.50 bits per heavy atom. The van der Waals surface area contributed by atoms with Crippen LogP contribution in [0.15, 0.2) is 29.3 Å². The molecule has 0 fully saturated rings. The zero-order valence-electron chi connectivity index (χ0n) is 13.9. The second-order valence-corrected chi connectivity index (χ2v) is 7.29. The Hall–Kier alpha value is -2.37. The van der Waals surface area contributed by atoms with E-state index in [0.717, 1.165) is 29.0 Å². The van der Waals surface area contributed by atoms with Crippen LogP contribution in [0.5, 0.6) is 0 Å². The van der Waals surface area contributed by atoms with E-state index in [2.05, 4.69) is 10.0 Å². The van der Waals surface area contributed by atoms with Gasteiger partial charge in [0.15, 0.2) is 17.5 Å². The molecule has 0 spiro atoms. The molecule has 1 heterocycles. The van der Waals surface area contributed by atoms with Gasteiger partial charge in [-0.2, -0.15) is 0 Å². The van der Waals surface area contributed by atoms with Gasteiger partial charge in [0.05, 0.1) is 0 Å². The van der Waals surface area contributed by atoms with Crippen LogP contribution in [-0.2, 0) is 17.1 Å². The normalized spacial score (nSPS) is 12.8. The molecular weight excluding hydrogens is 373 g/mol. The molecule has 11 heteroatoms. The van der Waals surface area contributed by atoms with Gasteiger partial charge in [0.25, 0.3) is 5.91 Å². The first-order valence-electron chi connectivity index (χ1n) is 7.40. The van der Waals surface area contributed by atoms with Crippen molar-refractivity contribution >= 4 is 21.6 Å². The molecule has 0 aliphatic rings. The van der Waals surface area contributed by atoms with Crippen LogP contribution in [0.4, 0.5) is 18.9 Å². The van der Waals surface area contributed by atoms with Gasteiger partial charge >= 0.3 is 0 Å². The molecule has 0 bridgehead atoms. The maximum atomic E-state index is 14.6. The fraction of sp³-hybridized carbons (Fsp3) is 0.267. The lowest BCUT2D eigenvalue weighted by atomic mass is 10.3. The number of benzene rings is 1. The lowest BCUT2D eigenvalue weighted by Crippen LogP contribution is -2.37. The molecule has 1 unspecified atom stereocenters. The van der Waals surface area contributed by atoms with Crippen molar-refractivity contribution in [2.75, 3.05) is 11.9 Å². The Bertz CT molecular complexity index is 944. The average Bonchev–Trinajstić information content (AvgIpc) is 2.86. The van der Waals surface area contributed by atoms with Crippen molar-refractivity contribution in [2.24, 2.45) is 12.8 Å². The summed E-state index contributed by atoms with van der Waals surface area (Å²) in [6, 6.07) is 1.95. The van der Waals surface area contributed by atoms with E-state index in [1.807, 2.05) is 0 Å². The molecule has 0 saturated heterocycles. The minimum atomic E-state index is -4.24. The lowest BCUT2D eigenvalue weighted by Gasteiger charge is -2.10. The summed E-state index contributed by atoms with van der Waals surface area (Å²) in [4.78, 5) is 11.5. The van der Waals surface area contributed by atoms with Crippen LogP contribution in [0, 0.1) is 17.5 Å². The lowest BCUT2D eigenvalue weighted by molar-refractivity contribution is 0.101. The standard InChI is InChI=1S/C15H17F3N4O3S/c1-8(6-19)21-26(24,25)12-7-22(2)14(13(12)18)15(23)20-9-3-4-10(16)11(17)5-9/h3-5,7-8,21H,6,19H2,1-2H3,(H,20,23). The molecule has 1 aromatic heterocycles. The molecule has 1 amide bonds. The number of rotatable bonds is 6. The second kappa shape index (κ2) is 7.48. The first-order chi connectivity index (χ1) is 12.1. The Kier molecular flexibility index (Phi) is 5.74. The summed E-state index contributed by atoms with van der Waals surface area (Å²) < 4.78 is 68.3. The number of sulfonamides is 1. The molecule has 0 radical (unpaired) electrons. The van der Waals surface area contributed by atoms with Crippen molar-refractivity contribution in [1.29, 1.82) is 0 Å². The number of carbonyl (C=O) groups excluding carboxylic acids is 1. The third kappa shape index (κ3) is 4.06. The summed E-state index contributed by atoms with van der Waals surface area (Å²) in [7, 11) is -2.97. The van der Waals surface area contributed by atoms with E-state index in [0.29, 0.717) is 0 Å². The number of aromatic nitrogens is 1. The van der Waals surface area contributed by atoms with Crippen LogP contribution in [0.3, 0.4) is 0 Å². The molecule has 142 valence electrons. The molecule has 7 nitrogen and oxygen atoms in total. The van der Waals surface area contributed by atoms with Crippen molar-refractivity contribution in [3.63, 3.8) is 0 Å². The minimum Gasteiger partial charge on any atom is -0.343 e. The van der Waals surface area contributed by atoms with E-state index in [4.69, 9.17) is 5.73 Å². The number of anilines is 1. The molecule has 1 aromatic carbocycles. The highest BCUT2D eigenvalue weighted by molar-refractivity contribution is 7.89. The molecule has 26 heavy (non-hydrogen) atoms. The predicted molar refractivity (Wildman–Crippen MR) is 88.5 cm³/mol. The summed E-state index contributed by atoms with van der Waals surface area (Å²) in [6.07, 6.45) is 0.932. The Labute approximate surface area is 148 Å². The third-order valence-corrected chi connectivity index (χ3v) is 5.06. The quantitative estimate of drug-likeness (QED) is 0.692. The van der Waals surface area contributed by atoms with Gasteiger partial charge < -0.3 is 15.6 Å². The topological polar surface area (TPSA) is 106 Å². The fourth-order valence-electron chi connectivity index (χ4n) is 2.16. The van der Waals surface area contributed by atoms with Gasteiger partial charge in [0.2, 0.25) is 10.0 Å². The number of amides is 1. The first-order valence-corrected chi connectivity index (χ1v) is 8.88. The van der Waals surface area contributed by atoms with Gasteiger partial charge in [0, 0.05) is 37.6 Å². The van der Waals surface area contributed by atoms with Crippen molar-refractivity contribution in [3.8, 4) is 0 Å². The summed E-state index contributed by atoms with van der Waals surface area (Å²) in [5, 5.41) is 2.18. The summed E-state index contributed by atoms with van der Waals surface area (Å²) in [5.74, 6) is -4.60.